The Balaban J connectivity index is 1.88. The summed E-state index contributed by atoms with van der Waals surface area (Å²) in [4.78, 5) is 14.4. The van der Waals surface area contributed by atoms with Gasteiger partial charge in [-0.1, -0.05) is 30.3 Å². The first-order chi connectivity index (χ1) is 10.0. The van der Waals surface area contributed by atoms with Crippen LogP contribution in [0, 0.1) is 0 Å². The van der Waals surface area contributed by atoms with Gasteiger partial charge in [0.05, 0.1) is 13.2 Å². The summed E-state index contributed by atoms with van der Waals surface area (Å²) in [6.07, 6.45) is -1.12. The minimum absolute atomic E-state index is 0.157. The van der Waals surface area contributed by atoms with Crippen LogP contribution < -0.4 is 5.32 Å². The fourth-order valence-corrected chi connectivity index (χ4v) is 2.47. The van der Waals surface area contributed by atoms with E-state index in [2.05, 4.69) is 24.1 Å². The van der Waals surface area contributed by atoms with E-state index in [1.807, 2.05) is 18.2 Å². The van der Waals surface area contributed by atoms with Gasteiger partial charge in [-0.15, -0.1) is 0 Å². The van der Waals surface area contributed by atoms with Crippen molar-refractivity contribution in [2.75, 3.05) is 32.8 Å². The lowest BCUT2D eigenvalue weighted by atomic mass is 10.0. The molecule has 5 nitrogen and oxygen atoms in total. The van der Waals surface area contributed by atoms with Crippen LogP contribution in [0.2, 0.25) is 0 Å². The number of benzene rings is 1. The SMILES string of the molecule is CC(C)(CNC(=O)C(O)c1ccccc1)N1CCOCC1. The van der Waals surface area contributed by atoms with Gasteiger partial charge in [-0.3, -0.25) is 9.69 Å². The molecule has 0 bridgehead atoms. The maximum atomic E-state index is 12.1. The van der Waals surface area contributed by atoms with Crippen molar-refractivity contribution in [3.8, 4) is 0 Å². The molecule has 1 amide bonds. The minimum atomic E-state index is -1.12. The highest BCUT2D eigenvalue weighted by Gasteiger charge is 2.29. The Morgan fingerprint density at radius 1 is 1.33 bits per heavy atom. The van der Waals surface area contributed by atoms with Gasteiger partial charge >= 0.3 is 0 Å². The molecule has 1 unspecified atom stereocenters. The number of aliphatic hydroxyl groups is 1. The Kier molecular flexibility index (Phi) is 5.33. The monoisotopic (exact) mass is 292 g/mol. The zero-order chi connectivity index (χ0) is 15.3. The first-order valence-electron chi connectivity index (χ1n) is 7.34. The molecule has 0 radical (unpaired) electrons. The Labute approximate surface area is 125 Å². The van der Waals surface area contributed by atoms with Crippen LogP contribution in [0.25, 0.3) is 0 Å². The van der Waals surface area contributed by atoms with Crippen molar-refractivity contribution in [1.82, 2.24) is 10.2 Å². The molecule has 1 atom stereocenters. The van der Waals surface area contributed by atoms with E-state index in [0.29, 0.717) is 12.1 Å². The highest BCUT2D eigenvalue weighted by molar-refractivity contribution is 5.81. The van der Waals surface area contributed by atoms with Gasteiger partial charge in [0.25, 0.3) is 5.91 Å². The number of hydrogen-bond acceptors (Lipinski definition) is 4. The van der Waals surface area contributed by atoms with E-state index >= 15 is 0 Å². The predicted molar refractivity (Wildman–Crippen MR) is 80.9 cm³/mol. The summed E-state index contributed by atoms with van der Waals surface area (Å²) >= 11 is 0. The Morgan fingerprint density at radius 3 is 2.57 bits per heavy atom. The number of ether oxygens (including phenoxy) is 1. The summed E-state index contributed by atoms with van der Waals surface area (Å²) in [5.41, 5.74) is 0.453. The van der Waals surface area contributed by atoms with Crippen LogP contribution in [0.4, 0.5) is 0 Å². The molecule has 0 spiro atoms. The molecule has 0 saturated carbocycles. The van der Waals surface area contributed by atoms with Crippen LogP contribution in [0.1, 0.15) is 25.5 Å². The normalized spacial score (nSPS) is 18.2. The molecule has 21 heavy (non-hydrogen) atoms. The van der Waals surface area contributed by atoms with Gasteiger partial charge in [0.1, 0.15) is 0 Å². The molecule has 2 rings (SSSR count). The minimum Gasteiger partial charge on any atom is -0.379 e. The second-order valence-electron chi connectivity index (χ2n) is 5.94. The highest BCUT2D eigenvalue weighted by atomic mass is 16.5. The van der Waals surface area contributed by atoms with Crippen LogP contribution in [0.3, 0.4) is 0 Å². The summed E-state index contributed by atoms with van der Waals surface area (Å²) in [6.45, 7) is 7.86. The molecular formula is C16H24N2O3. The molecule has 2 N–H and O–H groups in total. The number of morpholine rings is 1. The molecule has 1 saturated heterocycles. The molecule has 116 valence electrons. The average Bonchev–Trinajstić information content (AvgIpc) is 2.53. The molecule has 1 aromatic rings. The first kappa shape index (κ1) is 15.9. The number of amides is 1. The van der Waals surface area contributed by atoms with Gasteiger partial charge < -0.3 is 15.2 Å². The van der Waals surface area contributed by atoms with E-state index in [0.717, 1.165) is 26.3 Å². The van der Waals surface area contributed by atoms with Crippen LogP contribution in [0.5, 0.6) is 0 Å². The van der Waals surface area contributed by atoms with Crippen LogP contribution in [-0.4, -0.2) is 54.3 Å². The quantitative estimate of drug-likeness (QED) is 0.848. The number of carbonyl (C=O) groups excluding carboxylic acids is 1. The smallest absolute Gasteiger partial charge is 0.253 e. The molecule has 1 aromatic carbocycles. The topological polar surface area (TPSA) is 61.8 Å². The summed E-state index contributed by atoms with van der Waals surface area (Å²) in [5, 5.41) is 12.9. The number of carbonyl (C=O) groups is 1. The van der Waals surface area contributed by atoms with Crippen LogP contribution in [-0.2, 0) is 9.53 Å². The van der Waals surface area contributed by atoms with Crippen molar-refractivity contribution in [2.45, 2.75) is 25.5 Å². The number of aliphatic hydroxyl groups excluding tert-OH is 1. The lowest BCUT2D eigenvalue weighted by molar-refractivity contribution is -0.130. The summed E-state index contributed by atoms with van der Waals surface area (Å²) < 4.78 is 5.35. The van der Waals surface area contributed by atoms with Crippen molar-refractivity contribution in [1.29, 1.82) is 0 Å². The van der Waals surface area contributed by atoms with E-state index in [4.69, 9.17) is 4.74 Å². The number of hydrogen-bond donors (Lipinski definition) is 2. The van der Waals surface area contributed by atoms with Crippen LogP contribution >= 0.6 is 0 Å². The van der Waals surface area contributed by atoms with Gasteiger partial charge in [-0.05, 0) is 19.4 Å². The molecule has 1 aliphatic rings. The van der Waals surface area contributed by atoms with Crippen molar-refractivity contribution >= 4 is 5.91 Å². The van der Waals surface area contributed by atoms with Crippen molar-refractivity contribution in [3.63, 3.8) is 0 Å². The first-order valence-corrected chi connectivity index (χ1v) is 7.34. The maximum absolute atomic E-state index is 12.1. The van der Waals surface area contributed by atoms with Gasteiger partial charge in [0.2, 0.25) is 0 Å². The third-order valence-corrected chi connectivity index (χ3v) is 3.93. The molecule has 5 heteroatoms. The summed E-state index contributed by atoms with van der Waals surface area (Å²) in [7, 11) is 0. The number of nitrogens with zero attached hydrogens (tertiary/aromatic N) is 1. The number of rotatable bonds is 5. The average molecular weight is 292 g/mol. The Hall–Kier alpha value is -1.43. The van der Waals surface area contributed by atoms with Crippen molar-refractivity contribution in [2.24, 2.45) is 0 Å². The maximum Gasteiger partial charge on any atom is 0.253 e. The van der Waals surface area contributed by atoms with Gasteiger partial charge in [-0.25, -0.2) is 0 Å². The molecular weight excluding hydrogens is 268 g/mol. The third-order valence-electron chi connectivity index (χ3n) is 3.93. The van der Waals surface area contributed by atoms with E-state index in [1.165, 1.54) is 0 Å². The second-order valence-corrected chi connectivity index (χ2v) is 5.94. The fraction of sp³-hybridized carbons (Fsp3) is 0.562. The van der Waals surface area contributed by atoms with Gasteiger partial charge in [-0.2, -0.15) is 0 Å². The van der Waals surface area contributed by atoms with E-state index in [9.17, 15) is 9.90 Å². The lowest BCUT2D eigenvalue weighted by Crippen LogP contribution is -2.55. The lowest BCUT2D eigenvalue weighted by Gasteiger charge is -2.41. The zero-order valence-electron chi connectivity index (χ0n) is 12.7. The van der Waals surface area contributed by atoms with Gasteiger partial charge in [0, 0.05) is 25.2 Å². The summed E-state index contributed by atoms with van der Waals surface area (Å²) in [6, 6.07) is 8.97. The molecule has 0 aromatic heterocycles. The second kappa shape index (κ2) is 7.02. The van der Waals surface area contributed by atoms with Crippen molar-refractivity contribution < 1.29 is 14.6 Å². The Morgan fingerprint density at radius 2 is 1.95 bits per heavy atom. The van der Waals surface area contributed by atoms with E-state index in [-0.39, 0.29) is 11.4 Å². The molecule has 1 fully saturated rings. The molecule has 1 aliphatic heterocycles. The van der Waals surface area contributed by atoms with E-state index < -0.39 is 6.10 Å². The standard InChI is InChI=1S/C16H24N2O3/c1-16(2,18-8-10-21-11-9-18)12-17-15(20)14(19)13-6-4-3-5-7-13/h3-7,14,19H,8-12H2,1-2H3,(H,17,20). The zero-order valence-corrected chi connectivity index (χ0v) is 12.7. The highest BCUT2D eigenvalue weighted by Crippen LogP contribution is 2.16. The largest absolute Gasteiger partial charge is 0.379 e. The fourth-order valence-electron chi connectivity index (χ4n) is 2.47. The van der Waals surface area contributed by atoms with Crippen LogP contribution in [0.15, 0.2) is 30.3 Å². The van der Waals surface area contributed by atoms with Gasteiger partial charge in [0.15, 0.2) is 6.10 Å². The summed E-state index contributed by atoms with van der Waals surface area (Å²) in [5.74, 6) is -0.359. The van der Waals surface area contributed by atoms with E-state index in [1.54, 1.807) is 12.1 Å². The molecule has 1 heterocycles. The molecule has 0 aliphatic carbocycles. The predicted octanol–water partition coefficient (Wildman–Crippen LogP) is 0.947. The third kappa shape index (κ3) is 4.27. The Bertz CT molecular complexity index is 456. The number of nitrogens with one attached hydrogen (secondary N) is 1. The van der Waals surface area contributed by atoms with Crippen molar-refractivity contribution in [3.05, 3.63) is 35.9 Å².